The number of aryl methyl sites for hydroxylation is 1. The molecule has 0 spiro atoms. The summed E-state index contributed by atoms with van der Waals surface area (Å²) in [5, 5.41) is 3.18. The summed E-state index contributed by atoms with van der Waals surface area (Å²) >= 11 is 0. The van der Waals surface area contributed by atoms with E-state index >= 15 is 0 Å². The Hall–Kier alpha value is -1.88. The number of likely N-dealkylation sites (tertiary alicyclic amines) is 1. The number of rotatable bonds is 5. The Morgan fingerprint density at radius 2 is 1.92 bits per heavy atom. The first kappa shape index (κ1) is 16.6. The molecule has 0 aromatic heterocycles. The first-order valence-corrected chi connectivity index (χ1v) is 9.57. The molecule has 1 aliphatic carbocycles. The van der Waals surface area contributed by atoms with Gasteiger partial charge >= 0.3 is 0 Å². The Labute approximate surface area is 149 Å². The van der Waals surface area contributed by atoms with Gasteiger partial charge in [-0.15, -0.1) is 0 Å². The van der Waals surface area contributed by atoms with Gasteiger partial charge in [-0.25, -0.2) is 0 Å². The van der Waals surface area contributed by atoms with Gasteiger partial charge in [-0.1, -0.05) is 19.1 Å². The van der Waals surface area contributed by atoms with Crippen molar-refractivity contribution in [3.05, 3.63) is 29.8 Å². The van der Waals surface area contributed by atoms with Crippen molar-refractivity contribution in [2.75, 3.05) is 24.5 Å². The van der Waals surface area contributed by atoms with Crippen LogP contribution in [0.15, 0.2) is 24.3 Å². The summed E-state index contributed by atoms with van der Waals surface area (Å²) in [6.45, 7) is 4.67. The SMILES string of the molecule is CCc1ccc(N2C[C@@H](C(=O)N[C@H]3CCN(C4CC4)C3)CC2=O)cc1. The van der Waals surface area contributed by atoms with Crippen molar-refractivity contribution >= 4 is 17.5 Å². The van der Waals surface area contributed by atoms with Gasteiger partial charge < -0.3 is 10.2 Å². The standard InChI is InChI=1S/C20H27N3O2/c1-2-14-3-5-18(6-4-14)23-12-15(11-19(23)24)20(25)21-16-9-10-22(13-16)17-7-8-17/h3-6,15-17H,2,7-13H2,1H3,(H,21,25)/t15-,16-/m0/s1. The third kappa shape index (κ3) is 3.56. The van der Waals surface area contributed by atoms with Crippen molar-refractivity contribution in [3.63, 3.8) is 0 Å². The van der Waals surface area contributed by atoms with Crippen molar-refractivity contribution < 1.29 is 9.59 Å². The van der Waals surface area contributed by atoms with Gasteiger partial charge in [0, 0.05) is 43.8 Å². The molecule has 5 heteroatoms. The second-order valence-corrected chi connectivity index (χ2v) is 7.65. The molecule has 1 aromatic carbocycles. The molecule has 2 aliphatic heterocycles. The first-order chi connectivity index (χ1) is 12.1. The van der Waals surface area contributed by atoms with Crippen LogP contribution in [0.2, 0.25) is 0 Å². The maximum Gasteiger partial charge on any atom is 0.227 e. The molecule has 2 atom stereocenters. The van der Waals surface area contributed by atoms with E-state index in [2.05, 4.69) is 29.3 Å². The Balaban J connectivity index is 1.33. The molecular formula is C20H27N3O2. The number of amides is 2. The predicted octanol–water partition coefficient (Wildman–Crippen LogP) is 1.95. The quantitative estimate of drug-likeness (QED) is 0.891. The Kier molecular flexibility index (Phi) is 4.50. The summed E-state index contributed by atoms with van der Waals surface area (Å²) in [6, 6.07) is 9.10. The number of nitrogens with one attached hydrogen (secondary N) is 1. The van der Waals surface area contributed by atoms with Crippen LogP contribution >= 0.6 is 0 Å². The molecule has 1 N–H and O–H groups in total. The van der Waals surface area contributed by atoms with Crippen LogP contribution in [-0.2, 0) is 16.0 Å². The average Bonchev–Trinajstić information content (AvgIpc) is 3.25. The smallest absolute Gasteiger partial charge is 0.227 e. The van der Waals surface area contributed by atoms with Crippen LogP contribution in [0, 0.1) is 5.92 Å². The summed E-state index contributed by atoms with van der Waals surface area (Å²) < 4.78 is 0. The number of hydrogen-bond acceptors (Lipinski definition) is 3. The van der Waals surface area contributed by atoms with E-state index in [0.29, 0.717) is 13.0 Å². The van der Waals surface area contributed by atoms with E-state index in [9.17, 15) is 9.59 Å². The molecule has 2 saturated heterocycles. The minimum atomic E-state index is -0.228. The van der Waals surface area contributed by atoms with Crippen LogP contribution < -0.4 is 10.2 Å². The highest BCUT2D eigenvalue weighted by atomic mass is 16.2. The lowest BCUT2D eigenvalue weighted by atomic mass is 10.1. The number of carbonyl (C=O) groups excluding carboxylic acids is 2. The predicted molar refractivity (Wildman–Crippen MR) is 97.4 cm³/mol. The lowest BCUT2D eigenvalue weighted by Gasteiger charge is -2.19. The fraction of sp³-hybridized carbons (Fsp3) is 0.600. The molecule has 0 radical (unpaired) electrons. The van der Waals surface area contributed by atoms with E-state index in [-0.39, 0.29) is 23.8 Å². The summed E-state index contributed by atoms with van der Waals surface area (Å²) in [7, 11) is 0. The normalized spacial score (nSPS) is 27.1. The zero-order valence-corrected chi connectivity index (χ0v) is 14.9. The molecule has 1 saturated carbocycles. The van der Waals surface area contributed by atoms with E-state index in [1.807, 2.05) is 12.1 Å². The third-order valence-electron chi connectivity index (χ3n) is 5.78. The number of nitrogens with zero attached hydrogens (tertiary/aromatic N) is 2. The van der Waals surface area contributed by atoms with Gasteiger partial charge in [-0.2, -0.15) is 0 Å². The van der Waals surface area contributed by atoms with Gasteiger partial charge in [0.2, 0.25) is 11.8 Å². The Morgan fingerprint density at radius 3 is 2.60 bits per heavy atom. The molecule has 134 valence electrons. The maximum absolute atomic E-state index is 12.6. The molecular weight excluding hydrogens is 314 g/mol. The lowest BCUT2D eigenvalue weighted by Crippen LogP contribution is -2.41. The van der Waals surface area contributed by atoms with Crippen LogP contribution in [0.3, 0.4) is 0 Å². The molecule has 3 fully saturated rings. The van der Waals surface area contributed by atoms with Crippen LogP contribution in [0.1, 0.15) is 38.2 Å². The van der Waals surface area contributed by atoms with Gasteiger partial charge in [0.1, 0.15) is 0 Å². The van der Waals surface area contributed by atoms with Crippen LogP contribution in [0.4, 0.5) is 5.69 Å². The number of benzene rings is 1. The number of anilines is 1. The highest BCUT2D eigenvalue weighted by Gasteiger charge is 2.38. The zero-order chi connectivity index (χ0) is 17.4. The van der Waals surface area contributed by atoms with Crippen molar-refractivity contribution in [2.45, 2.75) is 51.1 Å². The fourth-order valence-corrected chi connectivity index (χ4v) is 4.04. The first-order valence-electron chi connectivity index (χ1n) is 9.57. The van der Waals surface area contributed by atoms with Crippen molar-refractivity contribution in [2.24, 2.45) is 5.92 Å². The van der Waals surface area contributed by atoms with E-state index in [1.54, 1.807) is 4.90 Å². The minimum Gasteiger partial charge on any atom is -0.352 e. The molecule has 3 aliphatic rings. The van der Waals surface area contributed by atoms with Crippen molar-refractivity contribution in [1.29, 1.82) is 0 Å². The Bertz CT molecular complexity index is 653. The van der Waals surface area contributed by atoms with E-state index in [4.69, 9.17) is 0 Å². The minimum absolute atomic E-state index is 0.0451. The van der Waals surface area contributed by atoms with Crippen LogP contribution in [0.5, 0.6) is 0 Å². The van der Waals surface area contributed by atoms with Crippen LogP contribution in [0.25, 0.3) is 0 Å². The van der Waals surface area contributed by atoms with Gasteiger partial charge in [0.15, 0.2) is 0 Å². The monoisotopic (exact) mass is 341 g/mol. The van der Waals surface area contributed by atoms with Crippen molar-refractivity contribution in [1.82, 2.24) is 10.2 Å². The fourth-order valence-electron chi connectivity index (χ4n) is 4.04. The molecule has 0 unspecified atom stereocenters. The van der Waals surface area contributed by atoms with E-state index < -0.39 is 0 Å². The zero-order valence-electron chi connectivity index (χ0n) is 14.9. The highest BCUT2D eigenvalue weighted by Crippen LogP contribution is 2.30. The number of hydrogen-bond donors (Lipinski definition) is 1. The maximum atomic E-state index is 12.6. The van der Waals surface area contributed by atoms with Gasteiger partial charge in [0.05, 0.1) is 5.92 Å². The molecule has 2 heterocycles. The Morgan fingerprint density at radius 1 is 1.16 bits per heavy atom. The van der Waals surface area contributed by atoms with Gasteiger partial charge in [-0.3, -0.25) is 14.5 Å². The molecule has 25 heavy (non-hydrogen) atoms. The second-order valence-electron chi connectivity index (χ2n) is 7.65. The van der Waals surface area contributed by atoms with E-state index in [0.717, 1.165) is 37.7 Å². The molecule has 2 amide bonds. The summed E-state index contributed by atoms with van der Waals surface area (Å²) in [4.78, 5) is 29.2. The summed E-state index contributed by atoms with van der Waals surface area (Å²) in [6.07, 6.45) is 4.96. The molecule has 5 nitrogen and oxygen atoms in total. The number of carbonyl (C=O) groups is 2. The second kappa shape index (κ2) is 6.79. The van der Waals surface area contributed by atoms with Crippen molar-refractivity contribution in [3.8, 4) is 0 Å². The molecule has 0 bridgehead atoms. The van der Waals surface area contributed by atoms with Gasteiger partial charge in [0.25, 0.3) is 0 Å². The topological polar surface area (TPSA) is 52.7 Å². The molecule has 1 aromatic rings. The van der Waals surface area contributed by atoms with Crippen LogP contribution in [-0.4, -0.2) is 48.4 Å². The largest absolute Gasteiger partial charge is 0.352 e. The average molecular weight is 341 g/mol. The van der Waals surface area contributed by atoms with Gasteiger partial charge in [-0.05, 0) is 43.4 Å². The van der Waals surface area contributed by atoms with E-state index in [1.165, 1.54) is 18.4 Å². The highest BCUT2D eigenvalue weighted by molar-refractivity contribution is 6.00. The molecule has 4 rings (SSSR count). The summed E-state index contributed by atoms with van der Waals surface area (Å²) in [5.41, 5.74) is 2.16. The summed E-state index contributed by atoms with van der Waals surface area (Å²) in [5.74, 6) is -0.132. The lowest BCUT2D eigenvalue weighted by molar-refractivity contribution is -0.126. The third-order valence-corrected chi connectivity index (χ3v) is 5.78.